The molecule has 1 unspecified atom stereocenters. The molecule has 0 spiro atoms. The highest BCUT2D eigenvalue weighted by molar-refractivity contribution is 5.27. The molecule has 0 saturated heterocycles. The minimum Gasteiger partial charge on any atom is -0.388 e. The van der Waals surface area contributed by atoms with Gasteiger partial charge in [-0.05, 0) is 27.2 Å². The molecule has 19 heavy (non-hydrogen) atoms. The summed E-state index contributed by atoms with van der Waals surface area (Å²) < 4.78 is 3.74. The first kappa shape index (κ1) is 13.7. The maximum Gasteiger partial charge on any atom is 0.148 e. The lowest BCUT2D eigenvalue weighted by Crippen LogP contribution is -2.11. The molecule has 0 aliphatic heterocycles. The van der Waals surface area contributed by atoms with Crippen LogP contribution in [-0.2, 0) is 13.1 Å². The molecule has 0 aliphatic carbocycles. The lowest BCUT2D eigenvalue weighted by Gasteiger charge is -2.09. The SMILES string of the molecule is CCC(O)c1c(C)nn(Cc2ncnn2CC)c1C. The number of aromatic nitrogens is 5. The van der Waals surface area contributed by atoms with Crippen LogP contribution in [0.15, 0.2) is 6.33 Å². The van der Waals surface area contributed by atoms with Gasteiger partial charge in [0.25, 0.3) is 0 Å². The third-order valence-electron chi connectivity index (χ3n) is 3.44. The van der Waals surface area contributed by atoms with Crippen molar-refractivity contribution in [2.24, 2.45) is 0 Å². The lowest BCUT2D eigenvalue weighted by molar-refractivity contribution is 0.172. The Kier molecular flexibility index (Phi) is 3.99. The fraction of sp³-hybridized carbons (Fsp3) is 0.615. The zero-order valence-electron chi connectivity index (χ0n) is 12.0. The minimum absolute atomic E-state index is 0.446. The first-order valence-electron chi connectivity index (χ1n) is 6.67. The molecule has 6 nitrogen and oxygen atoms in total. The van der Waals surface area contributed by atoms with Crippen LogP contribution in [0.4, 0.5) is 0 Å². The summed E-state index contributed by atoms with van der Waals surface area (Å²) in [5, 5.41) is 18.7. The second-order valence-electron chi connectivity index (χ2n) is 4.66. The van der Waals surface area contributed by atoms with E-state index in [1.165, 1.54) is 0 Å². The van der Waals surface area contributed by atoms with Crippen molar-refractivity contribution >= 4 is 0 Å². The summed E-state index contributed by atoms with van der Waals surface area (Å²) in [6, 6.07) is 0. The monoisotopic (exact) mass is 263 g/mol. The summed E-state index contributed by atoms with van der Waals surface area (Å²) in [6.45, 7) is 9.29. The fourth-order valence-corrected chi connectivity index (χ4v) is 2.36. The lowest BCUT2D eigenvalue weighted by atomic mass is 10.1. The van der Waals surface area contributed by atoms with Crippen molar-refractivity contribution in [3.05, 3.63) is 29.1 Å². The summed E-state index contributed by atoms with van der Waals surface area (Å²) >= 11 is 0. The van der Waals surface area contributed by atoms with Gasteiger partial charge < -0.3 is 5.11 Å². The van der Waals surface area contributed by atoms with Crippen molar-refractivity contribution in [3.63, 3.8) is 0 Å². The number of nitrogens with zero attached hydrogens (tertiary/aromatic N) is 5. The molecule has 0 aromatic carbocycles. The molecule has 2 aromatic heterocycles. The van der Waals surface area contributed by atoms with Gasteiger partial charge in [0.05, 0.1) is 11.8 Å². The van der Waals surface area contributed by atoms with Gasteiger partial charge in [-0.3, -0.25) is 4.68 Å². The van der Waals surface area contributed by atoms with E-state index in [1.54, 1.807) is 6.33 Å². The van der Waals surface area contributed by atoms with E-state index in [4.69, 9.17) is 0 Å². The zero-order valence-corrected chi connectivity index (χ0v) is 12.0. The van der Waals surface area contributed by atoms with E-state index >= 15 is 0 Å². The van der Waals surface area contributed by atoms with Gasteiger partial charge in [-0.2, -0.15) is 10.2 Å². The van der Waals surface area contributed by atoms with Gasteiger partial charge in [0.1, 0.15) is 18.7 Å². The van der Waals surface area contributed by atoms with Crippen LogP contribution in [-0.4, -0.2) is 29.7 Å². The van der Waals surface area contributed by atoms with E-state index in [2.05, 4.69) is 15.2 Å². The van der Waals surface area contributed by atoms with E-state index in [9.17, 15) is 5.11 Å². The maximum atomic E-state index is 10.0. The van der Waals surface area contributed by atoms with Crippen LogP contribution in [0.3, 0.4) is 0 Å². The first-order valence-corrected chi connectivity index (χ1v) is 6.67. The van der Waals surface area contributed by atoms with Crippen LogP contribution < -0.4 is 0 Å². The van der Waals surface area contributed by atoms with Crippen molar-refractivity contribution in [1.82, 2.24) is 24.5 Å². The molecular formula is C13H21N5O. The molecule has 104 valence electrons. The van der Waals surface area contributed by atoms with Crippen LogP contribution in [0.25, 0.3) is 0 Å². The second-order valence-corrected chi connectivity index (χ2v) is 4.66. The summed E-state index contributed by atoms with van der Waals surface area (Å²) in [4.78, 5) is 4.26. The van der Waals surface area contributed by atoms with Crippen LogP contribution >= 0.6 is 0 Å². The van der Waals surface area contributed by atoms with Crippen molar-refractivity contribution in [2.75, 3.05) is 0 Å². The van der Waals surface area contributed by atoms with Gasteiger partial charge in [0, 0.05) is 17.8 Å². The third-order valence-corrected chi connectivity index (χ3v) is 3.44. The van der Waals surface area contributed by atoms with E-state index in [0.29, 0.717) is 13.0 Å². The molecule has 0 bridgehead atoms. The molecule has 0 radical (unpaired) electrons. The Bertz CT molecular complexity index is 557. The Morgan fingerprint density at radius 3 is 2.63 bits per heavy atom. The first-order chi connectivity index (χ1) is 9.08. The van der Waals surface area contributed by atoms with E-state index in [0.717, 1.165) is 29.3 Å². The van der Waals surface area contributed by atoms with Crippen molar-refractivity contribution in [2.45, 2.75) is 53.3 Å². The fourth-order valence-electron chi connectivity index (χ4n) is 2.36. The molecule has 2 heterocycles. The number of hydrogen-bond acceptors (Lipinski definition) is 4. The highest BCUT2D eigenvalue weighted by Gasteiger charge is 2.18. The molecule has 1 N–H and O–H groups in total. The predicted octanol–water partition coefficient (Wildman–Crippen LogP) is 1.60. The molecule has 2 aromatic rings. The highest BCUT2D eigenvalue weighted by Crippen LogP contribution is 2.24. The average molecular weight is 263 g/mol. The van der Waals surface area contributed by atoms with Crippen molar-refractivity contribution in [3.8, 4) is 0 Å². The zero-order chi connectivity index (χ0) is 14.0. The number of aliphatic hydroxyl groups excluding tert-OH is 1. The Balaban J connectivity index is 2.32. The highest BCUT2D eigenvalue weighted by atomic mass is 16.3. The molecule has 6 heteroatoms. The van der Waals surface area contributed by atoms with Gasteiger partial charge in [0.15, 0.2) is 0 Å². The summed E-state index contributed by atoms with van der Waals surface area (Å²) in [6.07, 6.45) is 1.81. The minimum atomic E-state index is -0.446. The third kappa shape index (κ3) is 2.53. The van der Waals surface area contributed by atoms with Crippen LogP contribution in [0.5, 0.6) is 0 Å². The molecular weight excluding hydrogens is 242 g/mol. The standard InChI is InChI=1S/C13H21N5O/c1-5-11(19)13-9(3)16-18(10(13)4)7-12-14-8-15-17(12)6-2/h8,11,19H,5-7H2,1-4H3. The smallest absolute Gasteiger partial charge is 0.148 e. The van der Waals surface area contributed by atoms with Crippen molar-refractivity contribution in [1.29, 1.82) is 0 Å². The largest absolute Gasteiger partial charge is 0.388 e. The molecule has 1 atom stereocenters. The molecule has 0 saturated carbocycles. The van der Waals surface area contributed by atoms with Gasteiger partial charge in [0.2, 0.25) is 0 Å². The number of aryl methyl sites for hydroxylation is 2. The number of hydrogen-bond donors (Lipinski definition) is 1. The predicted molar refractivity (Wildman–Crippen MR) is 71.7 cm³/mol. The molecule has 2 rings (SSSR count). The van der Waals surface area contributed by atoms with Gasteiger partial charge in [-0.25, -0.2) is 9.67 Å². The Hall–Kier alpha value is -1.69. The number of aliphatic hydroxyl groups is 1. The van der Waals surface area contributed by atoms with E-state index in [1.807, 2.05) is 37.1 Å². The van der Waals surface area contributed by atoms with Gasteiger partial charge in [-0.15, -0.1) is 0 Å². The summed E-state index contributed by atoms with van der Waals surface area (Å²) in [7, 11) is 0. The van der Waals surface area contributed by atoms with Crippen LogP contribution in [0, 0.1) is 13.8 Å². The molecule has 0 fully saturated rings. The molecule has 0 amide bonds. The Morgan fingerprint density at radius 2 is 2.00 bits per heavy atom. The topological polar surface area (TPSA) is 68.8 Å². The summed E-state index contributed by atoms with van der Waals surface area (Å²) in [5.74, 6) is 0.880. The summed E-state index contributed by atoms with van der Waals surface area (Å²) in [5.41, 5.74) is 2.82. The van der Waals surface area contributed by atoms with E-state index in [-0.39, 0.29) is 0 Å². The maximum absolute atomic E-state index is 10.0. The normalized spacial score (nSPS) is 12.9. The quantitative estimate of drug-likeness (QED) is 0.889. The van der Waals surface area contributed by atoms with Crippen LogP contribution in [0.1, 0.15) is 49.1 Å². The van der Waals surface area contributed by atoms with E-state index < -0.39 is 6.10 Å². The van der Waals surface area contributed by atoms with Gasteiger partial charge >= 0.3 is 0 Å². The average Bonchev–Trinajstić information content (AvgIpc) is 2.94. The molecule has 0 aliphatic rings. The Labute approximate surface area is 113 Å². The second kappa shape index (κ2) is 5.52. The Morgan fingerprint density at radius 1 is 1.26 bits per heavy atom. The van der Waals surface area contributed by atoms with Gasteiger partial charge in [-0.1, -0.05) is 6.92 Å². The van der Waals surface area contributed by atoms with Crippen molar-refractivity contribution < 1.29 is 5.11 Å². The number of rotatable bonds is 5. The van der Waals surface area contributed by atoms with Crippen LogP contribution in [0.2, 0.25) is 0 Å².